The predicted molar refractivity (Wildman–Crippen MR) is 61.6 cm³/mol. The Balaban J connectivity index is 3.33. The van der Waals surface area contributed by atoms with Gasteiger partial charge in [-0.15, -0.1) is 0 Å². The van der Waals surface area contributed by atoms with E-state index in [0.717, 1.165) is 9.48 Å². The van der Waals surface area contributed by atoms with Gasteiger partial charge in [-0.05, 0) is 15.9 Å². The Morgan fingerprint density at radius 2 is 1.86 bits per heavy atom. The van der Waals surface area contributed by atoms with Crippen LogP contribution in [0.1, 0.15) is 26.5 Å². The molecule has 0 amide bonds. The van der Waals surface area contributed by atoms with Gasteiger partial charge in [-0.3, -0.25) is 0 Å². The Morgan fingerprint density at radius 1 is 1.36 bits per heavy atom. The summed E-state index contributed by atoms with van der Waals surface area (Å²) in [5.74, 6) is 0. The summed E-state index contributed by atoms with van der Waals surface area (Å²) >= 11 is 4.50. The third-order valence-electron chi connectivity index (χ3n) is 1.59. The topological polar surface area (TPSA) is 47.0 Å². The number of halogens is 1. The molecule has 0 aromatic carbocycles. The lowest BCUT2D eigenvalue weighted by atomic mass is 9.93. The molecular formula is C8H12BrNO2S2. The Labute approximate surface area is 96.6 Å². The van der Waals surface area contributed by atoms with Crippen LogP contribution in [-0.2, 0) is 15.3 Å². The largest absolute Gasteiger partial charge is 0.228 e. The van der Waals surface area contributed by atoms with Crippen LogP contribution in [0.25, 0.3) is 0 Å². The lowest BCUT2D eigenvalue weighted by molar-refractivity contribution is 0.563. The number of hydrogen-bond acceptors (Lipinski definition) is 4. The fraction of sp³-hybridized carbons (Fsp3) is 0.625. The fourth-order valence-electron chi connectivity index (χ4n) is 0.904. The smallest absolute Gasteiger partial charge is 0.210 e. The van der Waals surface area contributed by atoms with E-state index in [9.17, 15) is 8.42 Å². The van der Waals surface area contributed by atoms with Crippen molar-refractivity contribution in [2.45, 2.75) is 30.5 Å². The van der Waals surface area contributed by atoms with E-state index in [2.05, 4.69) is 20.9 Å². The molecule has 1 aromatic rings. The summed E-state index contributed by atoms with van der Waals surface area (Å²) in [4.78, 5) is 4.14. The summed E-state index contributed by atoms with van der Waals surface area (Å²) in [6, 6.07) is 0. The minimum Gasteiger partial charge on any atom is -0.228 e. The lowest BCUT2D eigenvalue weighted by Gasteiger charge is -2.15. The van der Waals surface area contributed by atoms with Crippen LogP contribution in [-0.4, -0.2) is 19.7 Å². The second-order valence-electron chi connectivity index (χ2n) is 4.12. The van der Waals surface area contributed by atoms with Gasteiger partial charge in [-0.1, -0.05) is 32.1 Å². The maximum absolute atomic E-state index is 11.3. The first-order chi connectivity index (χ1) is 6.12. The summed E-state index contributed by atoms with van der Waals surface area (Å²) in [6.07, 6.45) is 1.17. The van der Waals surface area contributed by atoms with Gasteiger partial charge in [0.05, 0.1) is 9.48 Å². The van der Waals surface area contributed by atoms with Gasteiger partial charge in [-0.2, -0.15) is 0 Å². The summed E-state index contributed by atoms with van der Waals surface area (Å²) in [7, 11) is -3.19. The molecule has 0 N–H and O–H groups in total. The Kier molecular flexibility index (Phi) is 3.10. The SMILES string of the molecule is CC(C)(C)c1nc(S(C)(=O)=O)sc1Br. The number of hydrogen-bond donors (Lipinski definition) is 0. The van der Waals surface area contributed by atoms with Gasteiger partial charge in [0.1, 0.15) is 0 Å². The molecule has 0 unspecified atom stereocenters. The monoisotopic (exact) mass is 297 g/mol. The number of sulfone groups is 1. The van der Waals surface area contributed by atoms with Crippen molar-refractivity contribution >= 4 is 37.1 Å². The van der Waals surface area contributed by atoms with Crippen LogP contribution in [0.5, 0.6) is 0 Å². The van der Waals surface area contributed by atoms with E-state index in [4.69, 9.17) is 0 Å². The molecule has 0 saturated carbocycles. The number of aromatic nitrogens is 1. The quantitative estimate of drug-likeness (QED) is 0.800. The van der Waals surface area contributed by atoms with Crippen molar-refractivity contribution in [1.29, 1.82) is 0 Å². The highest BCUT2D eigenvalue weighted by Crippen LogP contribution is 2.35. The molecule has 3 nitrogen and oxygen atoms in total. The van der Waals surface area contributed by atoms with E-state index in [1.165, 1.54) is 17.6 Å². The van der Waals surface area contributed by atoms with E-state index < -0.39 is 9.84 Å². The molecule has 0 fully saturated rings. The van der Waals surface area contributed by atoms with Gasteiger partial charge in [-0.25, -0.2) is 13.4 Å². The second-order valence-corrected chi connectivity index (χ2v) is 8.63. The molecule has 0 spiro atoms. The lowest BCUT2D eigenvalue weighted by Crippen LogP contribution is -2.12. The van der Waals surface area contributed by atoms with Crippen molar-refractivity contribution in [3.05, 3.63) is 9.48 Å². The van der Waals surface area contributed by atoms with E-state index in [1.807, 2.05) is 20.8 Å². The van der Waals surface area contributed by atoms with Crippen LogP contribution in [0.15, 0.2) is 8.13 Å². The number of thiazole rings is 1. The Hall–Kier alpha value is 0.0600. The standard InChI is InChI=1S/C8H12BrNO2S2/c1-8(2,3)5-6(9)13-7(10-5)14(4,11)12/h1-4H3. The Bertz CT molecular complexity index is 442. The second kappa shape index (κ2) is 3.57. The normalized spacial score (nSPS) is 13.2. The highest BCUT2D eigenvalue weighted by atomic mass is 79.9. The van der Waals surface area contributed by atoms with Crippen molar-refractivity contribution in [2.24, 2.45) is 0 Å². The van der Waals surface area contributed by atoms with Crippen molar-refractivity contribution in [2.75, 3.05) is 6.26 Å². The molecule has 0 bridgehead atoms. The molecule has 0 atom stereocenters. The average molecular weight is 298 g/mol. The molecule has 6 heteroatoms. The zero-order valence-electron chi connectivity index (χ0n) is 8.46. The van der Waals surface area contributed by atoms with Crippen molar-refractivity contribution in [3.63, 3.8) is 0 Å². The van der Waals surface area contributed by atoms with Crippen LogP contribution in [0.3, 0.4) is 0 Å². The van der Waals surface area contributed by atoms with Gasteiger partial charge in [0.2, 0.25) is 14.2 Å². The summed E-state index contributed by atoms with van der Waals surface area (Å²) in [5, 5.41) is 0. The molecule has 0 aliphatic rings. The maximum atomic E-state index is 11.3. The highest BCUT2D eigenvalue weighted by molar-refractivity contribution is 9.11. The van der Waals surface area contributed by atoms with Gasteiger partial charge in [0.15, 0.2) is 0 Å². The minimum absolute atomic E-state index is 0.141. The van der Waals surface area contributed by atoms with E-state index in [0.29, 0.717) is 0 Å². The first-order valence-corrected chi connectivity index (χ1v) is 7.49. The van der Waals surface area contributed by atoms with Crippen LogP contribution in [0.4, 0.5) is 0 Å². The molecule has 1 rings (SSSR count). The molecule has 1 heterocycles. The van der Waals surface area contributed by atoms with Crippen LogP contribution in [0, 0.1) is 0 Å². The van der Waals surface area contributed by atoms with Crippen LogP contribution < -0.4 is 0 Å². The Morgan fingerprint density at radius 3 is 2.07 bits per heavy atom. The van der Waals surface area contributed by atoms with Gasteiger partial charge in [0.25, 0.3) is 0 Å². The van der Waals surface area contributed by atoms with E-state index in [-0.39, 0.29) is 9.75 Å². The molecule has 1 aromatic heterocycles. The first-order valence-electron chi connectivity index (χ1n) is 3.99. The van der Waals surface area contributed by atoms with E-state index in [1.54, 1.807) is 0 Å². The maximum Gasteiger partial charge on any atom is 0.210 e. The van der Waals surface area contributed by atoms with Crippen LogP contribution in [0.2, 0.25) is 0 Å². The van der Waals surface area contributed by atoms with Gasteiger partial charge < -0.3 is 0 Å². The van der Waals surface area contributed by atoms with E-state index >= 15 is 0 Å². The summed E-state index contributed by atoms with van der Waals surface area (Å²) in [6.45, 7) is 6.00. The minimum atomic E-state index is -3.19. The van der Waals surface area contributed by atoms with Gasteiger partial charge >= 0.3 is 0 Å². The van der Waals surface area contributed by atoms with Crippen LogP contribution >= 0.6 is 27.3 Å². The molecular weight excluding hydrogens is 286 g/mol. The molecule has 80 valence electrons. The van der Waals surface area contributed by atoms with Crippen molar-refractivity contribution in [3.8, 4) is 0 Å². The van der Waals surface area contributed by atoms with Gasteiger partial charge in [0, 0.05) is 11.7 Å². The molecule has 0 aliphatic heterocycles. The number of nitrogens with zero attached hydrogens (tertiary/aromatic N) is 1. The zero-order chi connectivity index (χ0) is 11.1. The third kappa shape index (κ3) is 2.55. The average Bonchev–Trinajstić information content (AvgIpc) is 2.27. The number of rotatable bonds is 1. The highest BCUT2D eigenvalue weighted by Gasteiger charge is 2.24. The third-order valence-corrected chi connectivity index (χ3v) is 4.98. The first kappa shape index (κ1) is 12.1. The zero-order valence-corrected chi connectivity index (χ0v) is 11.7. The summed E-state index contributed by atoms with van der Waals surface area (Å²) < 4.78 is 23.5. The van der Waals surface area contributed by atoms with Crippen molar-refractivity contribution < 1.29 is 8.42 Å². The van der Waals surface area contributed by atoms with Crippen molar-refractivity contribution in [1.82, 2.24) is 4.98 Å². The predicted octanol–water partition coefficient (Wildman–Crippen LogP) is 2.61. The molecule has 0 radical (unpaired) electrons. The molecule has 0 saturated heterocycles. The molecule has 0 aliphatic carbocycles. The fourth-order valence-corrected chi connectivity index (χ4v) is 4.22. The summed E-state index contributed by atoms with van der Waals surface area (Å²) in [5.41, 5.74) is 0.654. The molecule has 14 heavy (non-hydrogen) atoms.